The predicted octanol–water partition coefficient (Wildman–Crippen LogP) is -0.728. The number of hydrogen-bond donors (Lipinski definition) is 0. The number of methoxy groups -OCH3 is 1. The molecule has 0 N–H and O–H groups in total. The summed E-state index contributed by atoms with van der Waals surface area (Å²) >= 11 is 0. The fourth-order valence-electron chi connectivity index (χ4n) is 0.144. The number of hydrogen-bond acceptors (Lipinski definition) is 2. The minimum atomic E-state index is -0.157. The molecule has 0 aromatic rings. The Balaban J connectivity index is -0.000000125. The molecule has 0 aliphatic rings. The van der Waals surface area contributed by atoms with Crippen molar-refractivity contribution in [1.82, 2.24) is 0 Å². The van der Waals surface area contributed by atoms with Crippen molar-refractivity contribution < 1.29 is 9.53 Å². The number of carbonyl (C=O) groups excluding carboxylic acids is 1. The van der Waals surface area contributed by atoms with Gasteiger partial charge in [0, 0.05) is 6.42 Å². The average Bonchev–Trinajstić information content (AvgIpc) is 1.65. The third kappa shape index (κ3) is 10.5. The van der Waals surface area contributed by atoms with Crippen LogP contribution in [0, 0.1) is 0 Å². The molecular weight excluding hydrogens is 126 g/mol. The molecule has 0 saturated heterocycles. The van der Waals surface area contributed by atoms with Crippen LogP contribution in [0.25, 0.3) is 0 Å². The van der Waals surface area contributed by atoms with E-state index in [0.29, 0.717) is 6.42 Å². The molecule has 2 nitrogen and oxygen atoms in total. The van der Waals surface area contributed by atoms with Crippen LogP contribution < -0.4 is 0 Å². The summed E-state index contributed by atoms with van der Waals surface area (Å²) in [5.74, 6) is -0.157. The molecule has 0 aliphatic heterocycles. The van der Waals surface area contributed by atoms with Crippen LogP contribution in [-0.4, -0.2) is 72.2 Å². The van der Waals surface area contributed by atoms with Gasteiger partial charge in [-0.25, -0.2) is 0 Å². The number of rotatable bonds is 1. The van der Waals surface area contributed by atoms with E-state index in [1.54, 1.807) is 6.92 Å². The zero-order valence-corrected chi connectivity index (χ0v) is 4.02. The Morgan fingerprint density at radius 3 is 1.88 bits per heavy atom. The van der Waals surface area contributed by atoms with Crippen molar-refractivity contribution in [3.05, 3.63) is 0 Å². The van der Waals surface area contributed by atoms with Gasteiger partial charge >= 0.3 is 65.1 Å². The van der Waals surface area contributed by atoms with Crippen molar-refractivity contribution >= 4 is 65.1 Å². The van der Waals surface area contributed by atoms with Crippen LogP contribution >= 0.6 is 0 Å². The third-order valence-corrected chi connectivity index (χ3v) is 0.516. The van der Waals surface area contributed by atoms with Crippen LogP contribution in [0.5, 0.6) is 0 Å². The van der Waals surface area contributed by atoms with Crippen molar-refractivity contribution in [2.45, 2.75) is 13.3 Å². The first-order valence-electron chi connectivity index (χ1n) is 1.88. The van der Waals surface area contributed by atoms with Crippen LogP contribution in [0.3, 0.4) is 0 Å². The van der Waals surface area contributed by atoms with Crippen molar-refractivity contribution in [3.63, 3.8) is 0 Å². The molecule has 0 bridgehead atoms. The molecule has 0 radical (unpaired) electrons. The Morgan fingerprint density at radius 1 is 1.50 bits per heavy atom. The molecule has 0 rings (SSSR count). The van der Waals surface area contributed by atoms with Crippen LogP contribution in [0.2, 0.25) is 0 Å². The van der Waals surface area contributed by atoms with Crippen LogP contribution in [-0.2, 0) is 9.53 Å². The summed E-state index contributed by atoms with van der Waals surface area (Å²) < 4.78 is 4.26. The summed E-state index contributed by atoms with van der Waals surface area (Å²) in [5.41, 5.74) is 0. The van der Waals surface area contributed by atoms with Gasteiger partial charge in [0.25, 0.3) is 0 Å². The molecule has 0 atom stereocenters. The van der Waals surface area contributed by atoms with E-state index in [1.165, 1.54) is 7.11 Å². The molecule has 0 unspecified atom stereocenters. The van der Waals surface area contributed by atoms with Gasteiger partial charge in [-0.15, -0.1) is 0 Å². The molecule has 0 fully saturated rings. The monoisotopic (exact) mass is 136 g/mol. The molecule has 8 heavy (non-hydrogen) atoms. The number of esters is 1. The normalized spacial score (nSPS) is 5.75. The molecule has 0 aromatic heterocycles. The van der Waals surface area contributed by atoms with Gasteiger partial charge in [-0.05, 0) is 0 Å². The summed E-state index contributed by atoms with van der Waals surface area (Å²) in [7, 11) is 1.38. The summed E-state index contributed by atoms with van der Waals surface area (Å²) in [6, 6.07) is 0. The summed E-state index contributed by atoms with van der Waals surface area (Å²) in [5, 5.41) is 0. The Hall–Kier alpha value is 1.47. The molecule has 4 heteroatoms. The fraction of sp³-hybridized carbons (Fsp3) is 0.750. The SMILES string of the molecule is CCC(=O)OC.[NaH].[NaH]. The van der Waals surface area contributed by atoms with E-state index < -0.39 is 0 Å². The first-order chi connectivity index (χ1) is 2.81. The quantitative estimate of drug-likeness (QED) is 0.351. The first-order valence-corrected chi connectivity index (χ1v) is 1.88. The van der Waals surface area contributed by atoms with Crippen molar-refractivity contribution in [2.75, 3.05) is 7.11 Å². The van der Waals surface area contributed by atoms with Gasteiger partial charge in [0.2, 0.25) is 0 Å². The zero-order chi connectivity index (χ0) is 4.99. The van der Waals surface area contributed by atoms with E-state index in [-0.39, 0.29) is 65.1 Å². The molecule has 0 aromatic carbocycles. The zero-order valence-electron chi connectivity index (χ0n) is 4.02. The average molecular weight is 136 g/mol. The summed E-state index contributed by atoms with van der Waals surface area (Å²) in [4.78, 5) is 9.96. The fourth-order valence-corrected chi connectivity index (χ4v) is 0.144. The van der Waals surface area contributed by atoms with E-state index in [4.69, 9.17) is 0 Å². The predicted molar refractivity (Wildman–Crippen MR) is 36.6 cm³/mol. The summed E-state index contributed by atoms with van der Waals surface area (Å²) in [6.45, 7) is 1.76. The topological polar surface area (TPSA) is 26.3 Å². The van der Waals surface area contributed by atoms with Crippen molar-refractivity contribution in [1.29, 1.82) is 0 Å². The Labute approximate surface area is 93.9 Å². The van der Waals surface area contributed by atoms with Crippen molar-refractivity contribution in [2.24, 2.45) is 0 Å². The van der Waals surface area contributed by atoms with Crippen LogP contribution in [0.1, 0.15) is 13.3 Å². The van der Waals surface area contributed by atoms with E-state index in [2.05, 4.69) is 4.74 Å². The third-order valence-electron chi connectivity index (χ3n) is 0.516. The maximum absolute atomic E-state index is 9.96. The van der Waals surface area contributed by atoms with Crippen LogP contribution in [0.4, 0.5) is 0 Å². The first kappa shape index (κ1) is 16.2. The van der Waals surface area contributed by atoms with Crippen LogP contribution in [0.15, 0.2) is 0 Å². The van der Waals surface area contributed by atoms with Gasteiger partial charge < -0.3 is 4.74 Å². The molecule has 0 spiro atoms. The minimum absolute atomic E-state index is 0. The summed E-state index contributed by atoms with van der Waals surface area (Å²) in [6.07, 6.45) is 0.469. The molecular formula is C4H10Na2O2. The number of ether oxygens (including phenoxy) is 1. The molecule has 40 valence electrons. The Kier molecular flexibility index (Phi) is 22.9. The van der Waals surface area contributed by atoms with E-state index in [1.807, 2.05) is 0 Å². The van der Waals surface area contributed by atoms with Gasteiger partial charge in [0.1, 0.15) is 0 Å². The second-order valence-corrected chi connectivity index (χ2v) is 0.930. The second kappa shape index (κ2) is 11.3. The molecule has 0 heterocycles. The number of carbonyl (C=O) groups is 1. The van der Waals surface area contributed by atoms with E-state index in [9.17, 15) is 4.79 Å². The van der Waals surface area contributed by atoms with Gasteiger partial charge in [0.05, 0.1) is 7.11 Å². The molecule has 0 aliphatic carbocycles. The standard InChI is InChI=1S/C4H8O2.2Na.2H/c1-3-4(5)6-2;;;;/h3H2,1-2H3;;;;. The molecule has 0 amide bonds. The van der Waals surface area contributed by atoms with Gasteiger partial charge in [0.15, 0.2) is 0 Å². The van der Waals surface area contributed by atoms with E-state index in [0.717, 1.165) is 0 Å². The van der Waals surface area contributed by atoms with E-state index >= 15 is 0 Å². The Morgan fingerprint density at radius 2 is 1.88 bits per heavy atom. The molecule has 0 saturated carbocycles. The van der Waals surface area contributed by atoms with Gasteiger partial charge in [-0.1, -0.05) is 6.92 Å². The second-order valence-electron chi connectivity index (χ2n) is 0.930. The van der Waals surface area contributed by atoms with Gasteiger partial charge in [-0.2, -0.15) is 0 Å². The maximum atomic E-state index is 9.96. The Bertz CT molecular complexity index is 50.0. The van der Waals surface area contributed by atoms with Crippen molar-refractivity contribution in [3.8, 4) is 0 Å². The van der Waals surface area contributed by atoms with Gasteiger partial charge in [-0.3, -0.25) is 4.79 Å².